The normalized spacial score (nSPS) is 10.7. The molecule has 0 saturated carbocycles. The SMILES string of the molecule is N#N.O=C(Cc1ccccc1)N[C@@H](CO)C(=O)NOCc1ccccc1. The number of nitrogens with zero attached hydrogens (tertiary/aromatic N) is 2. The van der Waals surface area contributed by atoms with Gasteiger partial charge in [-0.15, -0.1) is 0 Å². The minimum atomic E-state index is -1.06. The predicted octanol–water partition coefficient (Wildman–Crippen LogP) is 0.984. The Balaban J connectivity index is 0.00000163. The summed E-state index contributed by atoms with van der Waals surface area (Å²) >= 11 is 0. The molecule has 0 bridgehead atoms. The number of hydrogen-bond donors (Lipinski definition) is 3. The van der Waals surface area contributed by atoms with Gasteiger partial charge in [-0.1, -0.05) is 60.7 Å². The second kappa shape index (κ2) is 12.1. The van der Waals surface area contributed by atoms with Crippen molar-refractivity contribution in [2.75, 3.05) is 6.61 Å². The maximum absolute atomic E-state index is 11.9. The van der Waals surface area contributed by atoms with Gasteiger partial charge in [0.1, 0.15) is 6.04 Å². The molecule has 2 rings (SSSR count). The summed E-state index contributed by atoms with van der Waals surface area (Å²) in [6.07, 6.45) is 0.134. The van der Waals surface area contributed by atoms with Gasteiger partial charge < -0.3 is 10.4 Å². The Morgan fingerprint density at radius 2 is 1.50 bits per heavy atom. The molecule has 0 heterocycles. The Bertz CT molecular complexity index is 692. The van der Waals surface area contributed by atoms with Crippen LogP contribution in [0.3, 0.4) is 0 Å². The summed E-state index contributed by atoms with van der Waals surface area (Å²) in [7, 11) is 0. The topological polar surface area (TPSA) is 135 Å². The van der Waals surface area contributed by atoms with Gasteiger partial charge >= 0.3 is 0 Å². The van der Waals surface area contributed by atoms with Crippen LogP contribution in [0.4, 0.5) is 0 Å². The van der Waals surface area contributed by atoms with Gasteiger partial charge in [0.05, 0.1) is 19.6 Å². The summed E-state index contributed by atoms with van der Waals surface area (Å²) in [4.78, 5) is 29.0. The molecule has 0 radical (unpaired) electrons. The van der Waals surface area contributed by atoms with Gasteiger partial charge in [0.2, 0.25) is 5.91 Å². The van der Waals surface area contributed by atoms with Gasteiger partial charge in [-0.05, 0) is 11.1 Å². The number of nitrogens with one attached hydrogen (secondary N) is 2. The highest BCUT2D eigenvalue weighted by molar-refractivity contribution is 5.87. The number of hydrogen-bond acceptors (Lipinski definition) is 6. The Morgan fingerprint density at radius 3 is 2.04 bits per heavy atom. The highest BCUT2D eigenvalue weighted by atomic mass is 16.6. The van der Waals surface area contributed by atoms with Crippen LogP contribution in [-0.2, 0) is 27.5 Å². The Kier molecular flexibility index (Phi) is 9.69. The first-order valence-electron chi connectivity index (χ1n) is 7.78. The third-order valence-corrected chi connectivity index (χ3v) is 3.30. The van der Waals surface area contributed by atoms with E-state index in [0.717, 1.165) is 11.1 Å². The third kappa shape index (κ3) is 7.53. The third-order valence-electron chi connectivity index (χ3n) is 3.30. The van der Waals surface area contributed by atoms with E-state index < -0.39 is 18.6 Å². The fourth-order valence-corrected chi connectivity index (χ4v) is 2.06. The van der Waals surface area contributed by atoms with Crippen molar-refractivity contribution in [1.29, 1.82) is 10.8 Å². The molecular formula is C18H20N4O4. The number of aliphatic hydroxyl groups excluding tert-OH is 1. The predicted molar refractivity (Wildman–Crippen MR) is 92.0 cm³/mol. The van der Waals surface area contributed by atoms with Crippen molar-refractivity contribution >= 4 is 11.8 Å². The fourth-order valence-electron chi connectivity index (χ4n) is 2.06. The first kappa shape index (κ1) is 20.8. The van der Waals surface area contributed by atoms with Crippen LogP contribution in [0, 0.1) is 10.8 Å². The van der Waals surface area contributed by atoms with E-state index in [-0.39, 0.29) is 18.9 Å². The smallest absolute Gasteiger partial charge is 0.268 e. The van der Waals surface area contributed by atoms with E-state index >= 15 is 0 Å². The standard InChI is InChI=1S/C18H20N2O4.N2/c21-12-16(19-17(22)11-14-7-3-1-4-8-14)18(23)20-24-13-15-9-5-2-6-10-15;1-2/h1-10,16,21H,11-13H2,(H,19,22)(H,20,23);/t16-;/m0./s1. The van der Waals surface area contributed by atoms with Crippen molar-refractivity contribution < 1.29 is 19.5 Å². The summed E-state index contributed by atoms with van der Waals surface area (Å²) in [5, 5.41) is 23.8. The molecule has 0 unspecified atom stereocenters. The number of amides is 2. The largest absolute Gasteiger partial charge is 0.394 e. The van der Waals surface area contributed by atoms with E-state index in [0.29, 0.717) is 0 Å². The van der Waals surface area contributed by atoms with Crippen LogP contribution in [0.15, 0.2) is 60.7 Å². The molecule has 0 aliphatic heterocycles. The summed E-state index contributed by atoms with van der Waals surface area (Å²) in [6, 6.07) is 17.4. The lowest BCUT2D eigenvalue weighted by atomic mass is 10.1. The molecule has 26 heavy (non-hydrogen) atoms. The second-order valence-corrected chi connectivity index (χ2v) is 5.21. The van der Waals surface area contributed by atoms with Crippen LogP contribution in [0.1, 0.15) is 11.1 Å². The summed E-state index contributed by atoms with van der Waals surface area (Å²) in [6.45, 7) is -0.316. The molecular weight excluding hydrogens is 336 g/mol. The molecule has 0 spiro atoms. The zero-order valence-corrected chi connectivity index (χ0v) is 14.0. The Labute approximate surface area is 151 Å². The zero-order chi connectivity index (χ0) is 19.2. The van der Waals surface area contributed by atoms with Crippen LogP contribution < -0.4 is 10.8 Å². The van der Waals surface area contributed by atoms with Crippen LogP contribution in [0.5, 0.6) is 0 Å². The highest BCUT2D eigenvalue weighted by Gasteiger charge is 2.20. The lowest BCUT2D eigenvalue weighted by Crippen LogP contribution is -2.49. The van der Waals surface area contributed by atoms with Crippen LogP contribution in [0.2, 0.25) is 0 Å². The summed E-state index contributed by atoms with van der Waals surface area (Å²) < 4.78 is 0. The van der Waals surface area contributed by atoms with Crippen molar-refractivity contribution in [1.82, 2.24) is 10.8 Å². The molecule has 3 N–H and O–H groups in total. The molecule has 2 aromatic rings. The highest BCUT2D eigenvalue weighted by Crippen LogP contribution is 2.01. The number of carbonyl (C=O) groups excluding carboxylic acids is 2. The molecule has 1 atom stereocenters. The quantitative estimate of drug-likeness (QED) is 0.477. The minimum absolute atomic E-state index is 0.134. The van der Waals surface area contributed by atoms with Gasteiger partial charge in [0.15, 0.2) is 0 Å². The molecule has 2 aromatic carbocycles. The minimum Gasteiger partial charge on any atom is -0.394 e. The fraction of sp³-hybridized carbons (Fsp3) is 0.222. The monoisotopic (exact) mass is 356 g/mol. The molecule has 0 fully saturated rings. The van der Waals surface area contributed by atoms with E-state index in [2.05, 4.69) is 10.8 Å². The van der Waals surface area contributed by atoms with Crippen molar-refractivity contribution in [3.8, 4) is 0 Å². The van der Waals surface area contributed by atoms with Gasteiger partial charge in [-0.3, -0.25) is 14.4 Å². The average molecular weight is 356 g/mol. The zero-order valence-electron chi connectivity index (χ0n) is 14.0. The number of benzene rings is 2. The van der Waals surface area contributed by atoms with Gasteiger partial charge in [0.25, 0.3) is 5.91 Å². The van der Waals surface area contributed by atoms with E-state index in [1.54, 1.807) is 0 Å². The molecule has 0 aromatic heterocycles. The van der Waals surface area contributed by atoms with E-state index in [1.165, 1.54) is 0 Å². The molecule has 2 amide bonds. The van der Waals surface area contributed by atoms with Gasteiger partial charge in [-0.25, -0.2) is 5.48 Å². The molecule has 0 aliphatic rings. The average Bonchev–Trinajstić information content (AvgIpc) is 2.69. The molecule has 136 valence electrons. The maximum Gasteiger partial charge on any atom is 0.268 e. The van der Waals surface area contributed by atoms with E-state index in [1.807, 2.05) is 60.7 Å². The number of carbonyl (C=O) groups is 2. The molecule has 8 nitrogen and oxygen atoms in total. The van der Waals surface area contributed by atoms with Crippen molar-refractivity contribution in [3.05, 3.63) is 71.8 Å². The van der Waals surface area contributed by atoms with E-state index in [9.17, 15) is 14.7 Å². The van der Waals surface area contributed by atoms with Crippen LogP contribution in [-0.4, -0.2) is 29.6 Å². The Hall–Kier alpha value is -3.28. The Morgan fingerprint density at radius 1 is 0.962 bits per heavy atom. The lowest BCUT2D eigenvalue weighted by molar-refractivity contribution is -0.140. The number of hydroxylamine groups is 1. The van der Waals surface area contributed by atoms with Crippen molar-refractivity contribution in [2.24, 2.45) is 0 Å². The maximum atomic E-state index is 11.9. The van der Waals surface area contributed by atoms with Crippen molar-refractivity contribution in [2.45, 2.75) is 19.1 Å². The molecule has 0 saturated heterocycles. The molecule has 0 aliphatic carbocycles. The lowest BCUT2D eigenvalue weighted by Gasteiger charge is -2.16. The van der Waals surface area contributed by atoms with Crippen molar-refractivity contribution in [3.63, 3.8) is 0 Å². The van der Waals surface area contributed by atoms with Crippen LogP contribution in [0.25, 0.3) is 0 Å². The number of aliphatic hydroxyl groups is 1. The second-order valence-electron chi connectivity index (χ2n) is 5.21. The van der Waals surface area contributed by atoms with Gasteiger partial charge in [0, 0.05) is 10.8 Å². The summed E-state index contributed by atoms with van der Waals surface area (Å²) in [5.74, 6) is -0.951. The first-order chi connectivity index (χ1) is 12.7. The number of rotatable bonds is 8. The van der Waals surface area contributed by atoms with Crippen LogP contribution >= 0.6 is 0 Å². The first-order valence-corrected chi connectivity index (χ1v) is 7.78. The van der Waals surface area contributed by atoms with E-state index in [4.69, 9.17) is 15.6 Å². The molecule has 8 heteroatoms. The van der Waals surface area contributed by atoms with Gasteiger partial charge in [-0.2, -0.15) is 0 Å². The summed E-state index contributed by atoms with van der Waals surface area (Å²) in [5.41, 5.74) is 3.96.